The van der Waals surface area contributed by atoms with Crippen molar-refractivity contribution in [1.29, 1.82) is 0 Å². The summed E-state index contributed by atoms with van der Waals surface area (Å²) >= 11 is 0. The van der Waals surface area contributed by atoms with E-state index in [2.05, 4.69) is 0 Å². The zero-order valence-electron chi connectivity index (χ0n) is 16.7. The van der Waals surface area contributed by atoms with E-state index in [1.54, 1.807) is 34.6 Å². The van der Waals surface area contributed by atoms with E-state index < -0.39 is 19.3 Å². The maximum atomic E-state index is 12.5. The van der Waals surface area contributed by atoms with Crippen LogP contribution in [0.3, 0.4) is 0 Å². The molecule has 0 aliphatic carbocycles. The zero-order valence-corrected chi connectivity index (χ0v) is 17.6. The number of rotatable bonds is 10. The topological polar surface area (TPSA) is 74.3 Å². The molecule has 0 aliphatic rings. The van der Waals surface area contributed by atoms with Crippen molar-refractivity contribution < 1.29 is 28.0 Å². The Morgan fingerprint density at radius 2 is 1.70 bits per heavy atom. The first-order chi connectivity index (χ1) is 12.7. The molecule has 1 aromatic carbocycles. The summed E-state index contributed by atoms with van der Waals surface area (Å²) in [5.74, 6) is 1.34. The van der Waals surface area contributed by atoms with Crippen LogP contribution in [0.4, 0.5) is 4.79 Å². The van der Waals surface area contributed by atoms with Gasteiger partial charge in [-0.3, -0.25) is 9.40 Å². The van der Waals surface area contributed by atoms with E-state index in [1.807, 2.05) is 30.3 Å². The molecule has 27 heavy (non-hydrogen) atoms. The van der Waals surface area contributed by atoms with Gasteiger partial charge in [-0.2, -0.15) is 5.06 Å². The fourth-order valence-corrected chi connectivity index (χ4v) is 3.29. The van der Waals surface area contributed by atoms with E-state index >= 15 is 0 Å². The Morgan fingerprint density at radius 1 is 1.11 bits per heavy atom. The summed E-state index contributed by atoms with van der Waals surface area (Å²) in [6, 6.07) is 9.45. The molecule has 7 nitrogen and oxygen atoms in total. The van der Waals surface area contributed by atoms with Crippen molar-refractivity contribution in [2.45, 2.75) is 46.8 Å². The van der Waals surface area contributed by atoms with Gasteiger partial charge in [-0.05, 0) is 40.2 Å². The van der Waals surface area contributed by atoms with Crippen molar-refractivity contribution >= 4 is 13.7 Å². The number of ether oxygens (including phenoxy) is 1. The molecular formula is C19H30NO6P. The molecule has 152 valence electrons. The van der Waals surface area contributed by atoms with Gasteiger partial charge in [0.2, 0.25) is 0 Å². The van der Waals surface area contributed by atoms with E-state index in [1.165, 1.54) is 11.9 Å². The average molecular weight is 399 g/mol. The number of nitrogens with zero attached hydrogens (tertiary/aromatic N) is 1. The van der Waals surface area contributed by atoms with Gasteiger partial charge in [0.05, 0.1) is 19.8 Å². The quantitative estimate of drug-likeness (QED) is 0.401. The van der Waals surface area contributed by atoms with Crippen LogP contribution in [0.2, 0.25) is 0 Å². The van der Waals surface area contributed by atoms with Crippen LogP contribution in [0.25, 0.3) is 0 Å². The minimum absolute atomic E-state index is 0.0336. The SMILES string of the molecule is CCOP(=O)(/C=C/CN(OCc1ccccc1)C(=O)OC(C)(C)C)OCC. The van der Waals surface area contributed by atoms with Gasteiger partial charge in [0.15, 0.2) is 0 Å². The minimum Gasteiger partial charge on any atom is -0.442 e. The molecule has 1 aromatic rings. The molecule has 8 heteroatoms. The van der Waals surface area contributed by atoms with Gasteiger partial charge in [-0.1, -0.05) is 36.4 Å². The number of hydrogen-bond donors (Lipinski definition) is 0. The summed E-state index contributed by atoms with van der Waals surface area (Å²) in [5.41, 5.74) is 0.241. The number of hydrogen-bond acceptors (Lipinski definition) is 6. The minimum atomic E-state index is -3.34. The lowest BCUT2D eigenvalue weighted by molar-refractivity contribution is -0.149. The molecule has 0 saturated carbocycles. The van der Waals surface area contributed by atoms with Crippen LogP contribution in [0, 0.1) is 0 Å². The Labute approximate surface area is 161 Å². The van der Waals surface area contributed by atoms with Crippen LogP contribution < -0.4 is 0 Å². The van der Waals surface area contributed by atoms with E-state index in [4.69, 9.17) is 18.6 Å². The van der Waals surface area contributed by atoms with Gasteiger partial charge >= 0.3 is 13.7 Å². The summed E-state index contributed by atoms with van der Waals surface area (Å²) in [6.45, 7) is 9.51. The Balaban J connectivity index is 2.81. The van der Waals surface area contributed by atoms with Crippen molar-refractivity contribution in [1.82, 2.24) is 5.06 Å². The highest BCUT2D eigenvalue weighted by molar-refractivity contribution is 7.57. The Bertz CT molecular complexity index is 631. The summed E-state index contributed by atoms with van der Waals surface area (Å²) < 4.78 is 28.2. The molecule has 0 fully saturated rings. The molecule has 1 rings (SSSR count). The standard InChI is InChI=1S/C19H30NO6P/c1-6-24-27(22,25-7-2)15-11-14-20(18(21)26-19(3,4)5)23-16-17-12-9-8-10-13-17/h8-13,15H,6-7,14,16H2,1-5H3/b15-11+. The number of benzene rings is 1. The summed E-state index contributed by atoms with van der Waals surface area (Å²) in [5, 5.41) is 1.08. The molecule has 0 unspecified atom stereocenters. The van der Waals surface area contributed by atoms with Gasteiger partial charge < -0.3 is 13.8 Å². The summed E-state index contributed by atoms with van der Waals surface area (Å²) in [7, 11) is -3.34. The molecule has 0 spiro atoms. The average Bonchev–Trinajstić information content (AvgIpc) is 2.57. The van der Waals surface area contributed by atoms with Gasteiger partial charge in [-0.25, -0.2) is 4.79 Å². The molecule has 0 bridgehead atoms. The Kier molecular flexibility index (Phi) is 9.74. The van der Waals surface area contributed by atoms with Crippen LogP contribution in [0.5, 0.6) is 0 Å². The number of carbonyl (C=O) groups excluding carboxylic acids is 1. The van der Waals surface area contributed by atoms with Gasteiger partial charge in [0.25, 0.3) is 0 Å². The number of hydroxylamine groups is 2. The van der Waals surface area contributed by atoms with Crippen LogP contribution in [-0.2, 0) is 29.8 Å². The van der Waals surface area contributed by atoms with Crippen molar-refractivity contribution in [2.24, 2.45) is 0 Å². The van der Waals surface area contributed by atoms with Crippen LogP contribution >= 0.6 is 7.60 Å². The fourth-order valence-electron chi connectivity index (χ4n) is 1.97. The van der Waals surface area contributed by atoms with Crippen LogP contribution in [0.15, 0.2) is 42.2 Å². The van der Waals surface area contributed by atoms with Crippen molar-refractivity contribution in [3.05, 3.63) is 47.8 Å². The van der Waals surface area contributed by atoms with Crippen LogP contribution in [0.1, 0.15) is 40.2 Å². The summed E-state index contributed by atoms with van der Waals surface area (Å²) in [6.07, 6.45) is 0.881. The van der Waals surface area contributed by atoms with E-state index in [9.17, 15) is 9.36 Å². The van der Waals surface area contributed by atoms with Gasteiger partial charge in [0.1, 0.15) is 12.2 Å². The zero-order chi connectivity index (χ0) is 20.3. The third kappa shape index (κ3) is 9.73. The molecule has 1 amide bonds. The lowest BCUT2D eigenvalue weighted by atomic mass is 10.2. The first kappa shape index (κ1) is 23.4. The third-order valence-corrected chi connectivity index (χ3v) is 4.82. The monoisotopic (exact) mass is 399 g/mol. The van der Waals surface area contributed by atoms with Crippen molar-refractivity contribution in [2.75, 3.05) is 19.8 Å². The molecule has 0 radical (unpaired) electrons. The Morgan fingerprint density at radius 3 is 2.22 bits per heavy atom. The van der Waals surface area contributed by atoms with Crippen molar-refractivity contribution in [3.63, 3.8) is 0 Å². The maximum Gasteiger partial charge on any atom is 0.434 e. The predicted octanol–water partition coefficient (Wildman–Crippen LogP) is 5.14. The third-order valence-electron chi connectivity index (χ3n) is 3.00. The van der Waals surface area contributed by atoms with E-state index in [-0.39, 0.29) is 26.4 Å². The van der Waals surface area contributed by atoms with Crippen LogP contribution in [-0.4, -0.2) is 36.5 Å². The maximum absolute atomic E-state index is 12.5. The fraction of sp³-hybridized carbons (Fsp3) is 0.526. The van der Waals surface area contributed by atoms with Gasteiger partial charge in [0, 0.05) is 5.82 Å². The number of amides is 1. The van der Waals surface area contributed by atoms with E-state index in [0.29, 0.717) is 0 Å². The highest BCUT2D eigenvalue weighted by atomic mass is 31.2. The molecular weight excluding hydrogens is 369 g/mol. The highest BCUT2D eigenvalue weighted by Crippen LogP contribution is 2.49. The lowest BCUT2D eigenvalue weighted by Gasteiger charge is -2.26. The normalized spacial score (nSPS) is 12.3. The molecule has 0 aromatic heterocycles. The first-order valence-electron chi connectivity index (χ1n) is 8.93. The van der Waals surface area contributed by atoms with Gasteiger partial charge in [-0.15, -0.1) is 0 Å². The molecule has 0 N–H and O–H groups in total. The molecule has 0 atom stereocenters. The lowest BCUT2D eigenvalue weighted by Crippen LogP contribution is -2.37. The van der Waals surface area contributed by atoms with E-state index in [0.717, 1.165) is 10.6 Å². The molecule has 0 saturated heterocycles. The second-order valence-corrected chi connectivity index (χ2v) is 8.45. The molecule has 0 heterocycles. The first-order valence-corrected chi connectivity index (χ1v) is 10.5. The van der Waals surface area contributed by atoms with Crippen molar-refractivity contribution in [3.8, 4) is 0 Å². The molecule has 0 aliphatic heterocycles. The predicted molar refractivity (Wildman–Crippen MR) is 104 cm³/mol. The number of carbonyl (C=O) groups is 1. The smallest absolute Gasteiger partial charge is 0.434 e. The second kappa shape index (κ2) is 11.2. The summed E-state index contributed by atoms with van der Waals surface area (Å²) in [4.78, 5) is 18.0. The Hall–Kier alpha value is -1.66. The largest absolute Gasteiger partial charge is 0.442 e. The highest BCUT2D eigenvalue weighted by Gasteiger charge is 2.24. The second-order valence-electron chi connectivity index (χ2n) is 6.56.